The van der Waals surface area contributed by atoms with Gasteiger partial charge in [-0.2, -0.15) is 27.0 Å². The van der Waals surface area contributed by atoms with Crippen LogP contribution in [-0.2, 0) is 27.2 Å². The minimum Gasteiger partial charge on any atom is -0.443 e. The lowest BCUT2D eigenvalue weighted by molar-refractivity contribution is -0.0907. The number of likely N-dealkylation sites (N-methyl/N-ethyl adjacent to an activating group) is 1. The molecule has 2 aromatic carbocycles. The van der Waals surface area contributed by atoms with Crippen molar-refractivity contribution in [3.05, 3.63) is 59.7 Å². The Morgan fingerprint density at radius 3 is 2.63 bits per heavy atom. The van der Waals surface area contributed by atoms with Gasteiger partial charge in [0.25, 0.3) is 0 Å². The molecule has 5 rings (SSSR count). The van der Waals surface area contributed by atoms with E-state index in [1.165, 1.54) is 0 Å². The number of hydrogen-bond donors (Lipinski definition) is 3. The highest BCUT2D eigenvalue weighted by Gasteiger charge is 2.44. The second kappa shape index (κ2) is 18.4. The van der Waals surface area contributed by atoms with E-state index in [9.17, 15) is 9.90 Å². The summed E-state index contributed by atoms with van der Waals surface area (Å²) in [6, 6.07) is 15.8. The fourth-order valence-electron chi connectivity index (χ4n) is 5.92. The zero-order valence-electron chi connectivity index (χ0n) is 27.3. The summed E-state index contributed by atoms with van der Waals surface area (Å²) in [5.74, 6) is 0.455. The maximum absolute atomic E-state index is 13.1. The number of nitrogens with one attached hydrogen (secondary N) is 2. The second-order valence-corrected chi connectivity index (χ2v) is 13.6. The molecule has 0 bridgehead atoms. The Labute approximate surface area is 291 Å². The SMILES string of the molecule is CC(C)CN(Cc1ccc2nc(NCCN(C)C)sc2c1)CC(O)C(Cc1ccccc1)NC(=O)OC1COC2OCCC12.S.S. The normalized spacial score (nSPS) is 20.3. The van der Waals surface area contributed by atoms with Crippen molar-refractivity contribution >= 4 is 59.8 Å². The Morgan fingerprint density at radius 1 is 1.11 bits per heavy atom. The molecule has 2 saturated heterocycles. The number of fused-ring (bicyclic) bond motifs is 2. The summed E-state index contributed by atoms with van der Waals surface area (Å²) in [7, 11) is 4.12. The highest BCUT2D eigenvalue weighted by atomic mass is 32.1. The monoisotopic (exact) mass is 693 g/mol. The van der Waals surface area contributed by atoms with Crippen LogP contribution in [-0.4, -0.2) is 104 Å². The number of carbonyl (C=O) groups is 1. The van der Waals surface area contributed by atoms with Crippen LogP contribution in [0.4, 0.5) is 9.93 Å². The van der Waals surface area contributed by atoms with Gasteiger partial charge in [0, 0.05) is 32.7 Å². The van der Waals surface area contributed by atoms with Crippen LogP contribution in [0.3, 0.4) is 0 Å². The van der Waals surface area contributed by atoms with Crippen LogP contribution < -0.4 is 10.6 Å². The molecule has 256 valence electrons. The van der Waals surface area contributed by atoms with Gasteiger partial charge in [-0.05, 0) is 56.1 Å². The average Bonchev–Trinajstić information content (AvgIpc) is 3.70. The number of aromatic nitrogens is 1. The van der Waals surface area contributed by atoms with E-state index >= 15 is 0 Å². The predicted octanol–water partition coefficient (Wildman–Crippen LogP) is 4.41. The first-order valence-corrected chi connectivity index (χ1v) is 16.5. The van der Waals surface area contributed by atoms with E-state index in [1.807, 2.05) is 30.3 Å². The van der Waals surface area contributed by atoms with Crippen molar-refractivity contribution in [2.24, 2.45) is 11.8 Å². The minimum atomic E-state index is -0.816. The summed E-state index contributed by atoms with van der Waals surface area (Å²) < 4.78 is 18.2. The van der Waals surface area contributed by atoms with E-state index < -0.39 is 18.2 Å². The third kappa shape index (κ3) is 11.0. The lowest BCUT2D eigenvalue weighted by atomic mass is 10.00. The number of aliphatic hydroxyl groups excluding tert-OH is 1. The van der Waals surface area contributed by atoms with Crippen LogP contribution in [0.15, 0.2) is 48.5 Å². The number of alkyl carbamates (subject to hydrolysis) is 1. The Hall–Kier alpha value is -2.10. The number of aliphatic hydroxyl groups is 1. The first kappa shape index (κ1) is 38.3. The third-order valence-corrected chi connectivity index (χ3v) is 9.05. The topological polar surface area (TPSA) is 108 Å². The Kier molecular flexibility index (Phi) is 15.4. The number of thiazole rings is 1. The molecule has 13 heteroatoms. The molecule has 2 fully saturated rings. The van der Waals surface area contributed by atoms with Crippen molar-refractivity contribution in [3.8, 4) is 0 Å². The summed E-state index contributed by atoms with van der Waals surface area (Å²) >= 11 is 1.66. The van der Waals surface area contributed by atoms with E-state index in [0.717, 1.165) is 52.5 Å². The quantitative estimate of drug-likeness (QED) is 0.213. The number of rotatable bonds is 15. The van der Waals surface area contributed by atoms with Crippen molar-refractivity contribution in [1.29, 1.82) is 0 Å². The van der Waals surface area contributed by atoms with Crippen molar-refractivity contribution < 1.29 is 24.1 Å². The van der Waals surface area contributed by atoms with Crippen LogP contribution >= 0.6 is 38.3 Å². The van der Waals surface area contributed by atoms with Crippen molar-refractivity contribution in [2.75, 3.05) is 58.8 Å². The third-order valence-electron chi connectivity index (χ3n) is 8.07. The van der Waals surface area contributed by atoms with Gasteiger partial charge >= 0.3 is 6.09 Å². The summed E-state index contributed by atoms with van der Waals surface area (Å²) in [6.45, 7) is 8.97. The number of benzene rings is 2. The molecule has 2 aliphatic rings. The zero-order valence-corrected chi connectivity index (χ0v) is 30.1. The van der Waals surface area contributed by atoms with E-state index in [2.05, 4.69) is 66.6 Å². The van der Waals surface area contributed by atoms with Gasteiger partial charge in [0.05, 0.1) is 41.5 Å². The van der Waals surface area contributed by atoms with E-state index in [0.29, 0.717) is 38.6 Å². The molecule has 10 nitrogen and oxygen atoms in total. The fraction of sp³-hybridized carbons (Fsp3) is 0.576. The first-order chi connectivity index (χ1) is 21.2. The summed E-state index contributed by atoms with van der Waals surface area (Å²) in [6.07, 6.45) is -0.696. The molecule has 5 atom stereocenters. The molecule has 0 saturated carbocycles. The van der Waals surface area contributed by atoms with Gasteiger partial charge < -0.3 is 34.9 Å². The molecule has 3 aromatic rings. The molecule has 1 aromatic heterocycles. The van der Waals surface area contributed by atoms with Crippen molar-refractivity contribution in [1.82, 2.24) is 20.1 Å². The fourth-order valence-corrected chi connectivity index (χ4v) is 6.88. The molecule has 3 N–H and O–H groups in total. The minimum absolute atomic E-state index is 0. The molecular weight excluding hydrogens is 643 g/mol. The molecule has 0 spiro atoms. The lowest BCUT2D eigenvalue weighted by Gasteiger charge is -2.31. The van der Waals surface area contributed by atoms with Gasteiger partial charge in [-0.3, -0.25) is 4.90 Å². The molecule has 46 heavy (non-hydrogen) atoms. The van der Waals surface area contributed by atoms with Gasteiger partial charge in [0.1, 0.15) is 6.10 Å². The van der Waals surface area contributed by atoms with Crippen LogP contribution in [0.1, 0.15) is 31.4 Å². The van der Waals surface area contributed by atoms with Crippen molar-refractivity contribution in [2.45, 2.75) is 57.8 Å². The number of hydrogen-bond acceptors (Lipinski definition) is 10. The first-order valence-electron chi connectivity index (χ1n) is 15.7. The van der Waals surface area contributed by atoms with Gasteiger partial charge in [0.2, 0.25) is 0 Å². The Morgan fingerprint density at radius 2 is 1.89 bits per heavy atom. The van der Waals surface area contributed by atoms with Crippen LogP contribution in [0.2, 0.25) is 0 Å². The van der Waals surface area contributed by atoms with Gasteiger partial charge in [-0.1, -0.05) is 61.6 Å². The number of amides is 1. The molecule has 3 heterocycles. The van der Waals surface area contributed by atoms with E-state index in [-0.39, 0.29) is 45.3 Å². The highest BCUT2D eigenvalue weighted by molar-refractivity contribution is 7.59. The average molecular weight is 694 g/mol. The Bertz CT molecular complexity index is 1350. The number of anilines is 1. The van der Waals surface area contributed by atoms with Gasteiger partial charge in [0.15, 0.2) is 11.4 Å². The maximum atomic E-state index is 13.1. The highest BCUT2D eigenvalue weighted by Crippen LogP contribution is 2.33. The molecule has 1 amide bonds. The lowest BCUT2D eigenvalue weighted by Crippen LogP contribution is -2.50. The van der Waals surface area contributed by atoms with E-state index in [4.69, 9.17) is 19.2 Å². The number of carbonyl (C=O) groups excluding carboxylic acids is 1. The van der Waals surface area contributed by atoms with Gasteiger partial charge in [-0.25, -0.2) is 9.78 Å². The molecule has 0 aliphatic carbocycles. The summed E-state index contributed by atoms with van der Waals surface area (Å²) in [5.41, 5.74) is 3.18. The van der Waals surface area contributed by atoms with Crippen LogP contribution in [0, 0.1) is 11.8 Å². The van der Waals surface area contributed by atoms with Crippen LogP contribution in [0.25, 0.3) is 10.2 Å². The summed E-state index contributed by atoms with van der Waals surface area (Å²) in [5, 5.41) is 19.0. The second-order valence-electron chi connectivity index (χ2n) is 12.6. The molecule has 0 radical (unpaired) electrons. The standard InChI is InChI=1S/C33H47N5O5S.2H2S/c1-22(2)18-38(19-24-10-11-26-30(17-24)44-32(35-26)34-13-14-37(3)4)20-28(39)27(16-23-8-6-5-7-9-23)36-33(40)43-29-21-42-31-25(29)12-15-41-31;;/h5-11,17,22,25,27-29,31,39H,12-16,18-21H2,1-4H3,(H,34,35)(H,36,40);2*1H2. The smallest absolute Gasteiger partial charge is 0.407 e. The maximum Gasteiger partial charge on any atom is 0.407 e. The van der Waals surface area contributed by atoms with E-state index in [1.54, 1.807) is 11.3 Å². The Balaban J connectivity index is 0.00000288. The zero-order chi connectivity index (χ0) is 31.1. The van der Waals surface area contributed by atoms with Crippen molar-refractivity contribution in [3.63, 3.8) is 0 Å². The molecule has 5 unspecified atom stereocenters. The number of ether oxygens (including phenoxy) is 3. The molecule has 2 aliphatic heterocycles. The summed E-state index contributed by atoms with van der Waals surface area (Å²) in [4.78, 5) is 22.3. The van der Waals surface area contributed by atoms with Gasteiger partial charge in [-0.15, -0.1) is 0 Å². The largest absolute Gasteiger partial charge is 0.443 e. The number of nitrogens with zero attached hydrogens (tertiary/aromatic N) is 3. The van der Waals surface area contributed by atoms with Crippen LogP contribution in [0.5, 0.6) is 0 Å². The molecular formula is C33H51N5O5S3. The predicted molar refractivity (Wildman–Crippen MR) is 195 cm³/mol.